The van der Waals surface area contributed by atoms with E-state index in [4.69, 9.17) is 14.6 Å². The van der Waals surface area contributed by atoms with Crippen LogP contribution in [-0.4, -0.2) is 40.8 Å². The molecule has 2 amide bonds. The first-order valence-electron chi connectivity index (χ1n) is 12.2. The molecule has 4 aromatic carbocycles. The normalized spacial score (nSPS) is 12.3. The zero-order valence-electron chi connectivity index (χ0n) is 21.2. The molecule has 0 fully saturated rings. The monoisotopic (exact) mass is 570 g/mol. The highest BCUT2D eigenvalue weighted by atomic mass is 32.2. The summed E-state index contributed by atoms with van der Waals surface area (Å²) in [5.74, 6) is -2.59. The first kappa shape index (κ1) is 27.3. The summed E-state index contributed by atoms with van der Waals surface area (Å²) in [7, 11) is 0. The van der Waals surface area contributed by atoms with E-state index in [2.05, 4.69) is 10.6 Å². The summed E-state index contributed by atoms with van der Waals surface area (Å²) < 4.78 is 10.7. The Kier molecular flexibility index (Phi) is 7.88. The molecule has 41 heavy (non-hydrogen) atoms. The molecule has 1 aliphatic rings. The highest BCUT2D eigenvalue weighted by Crippen LogP contribution is 2.39. The predicted octanol–water partition coefficient (Wildman–Crippen LogP) is 5.54. The maximum atomic E-state index is 13.5. The minimum Gasteiger partial charge on any atom is -0.478 e. The summed E-state index contributed by atoms with van der Waals surface area (Å²) in [6.45, 7) is 0.118. The molecule has 4 N–H and O–H groups in total. The van der Waals surface area contributed by atoms with Crippen molar-refractivity contribution in [3.63, 3.8) is 0 Å². The highest BCUT2D eigenvalue weighted by Gasteiger charge is 2.24. The van der Waals surface area contributed by atoms with Gasteiger partial charge in [0, 0.05) is 22.3 Å². The fourth-order valence-corrected chi connectivity index (χ4v) is 5.20. The van der Waals surface area contributed by atoms with Crippen molar-refractivity contribution in [2.24, 2.45) is 0 Å². The predicted molar refractivity (Wildman–Crippen MR) is 151 cm³/mol. The van der Waals surface area contributed by atoms with Crippen LogP contribution in [0.4, 0.5) is 11.4 Å². The molecule has 1 unspecified atom stereocenters. The number of carbonyl (C=O) groups is 4. The van der Waals surface area contributed by atoms with Gasteiger partial charge >= 0.3 is 11.9 Å². The van der Waals surface area contributed by atoms with E-state index < -0.39 is 28.7 Å². The van der Waals surface area contributed by atoms with Crippen LogP contribution >= 0.6 is 11.8 Å². The largest absolute Gasteiger partial charge is 0.478 e. The summed E-state index contributed by atoms with van der Waals surface area (Å²) in [5.41, 5.74) is 0.799. The summed E-state index contributed by atoms with van der Waals surface area (Å²) in [6, 6.07) is 24.4. The number of rotatable bonds is 9. The molecule has 206 valence electrons. The first-order valence-corrected chi connectivity index (χ1v) is 13.1. The number of nitrogens with one attached hydrogen (secondary N) is 2. The Balaban J connectivity index is 1.36. The van der Waals surface area contributed by atoms with E-state index in [0.29, 0.717) is 27.8 Å². The Morgan fingerprint density at radius 2 is 1.46 bits per heavy atom. The third-order valence-corrected chi connectivity index (χ3v) is 7.32. The minimum absolute atomic E-state index is 0.118. The molecule has 11 heteroatoms. The van der Waals surface area contributed by atoms with E-state index >= 15 is 0 Å². The number of carbonyl (C=O) groups excluding carboxylic acids is 2. The Morgan fingerprint density at radius 1 is 0.707 bits per heavy atom. The van der Waals surface area contributed by atoms with Crippen molar-refractivity contribution >= 4 is 46.9 Å². The molecule has 0 aliphatic carbocycles. The molecule has 1 heterocycles. The standard InChI is InChI=1S/C30H22N2O8S/c33-27(22-11-9-18(29(35)36)13-23(22)30(37)38)31-19-7-4-8-21(14-19)41-26(17-5-2-1-3-6-17)28(34)32-20-10-12-24-25(15-20)40-16-39-24/h1-15,26H,16H2,(H,31,33)(H,32,34)(H,35,36)(H,37,38). The maximum absolute atomic E-state index is 13.5. The molecular formula is C30H22N2O8S. The van der Waals surface area contributed by atoms with Crippen LogP contribution in [0.5, 0.6) is 11.5 Å². The number of hydrogen-bond acceptors (Lipinski definition) is 7. The Bertz CT molecular complexity index is 1660. The Morgan fingerprint density at radius 3 is 2.22 bits per heavy atom. The van der Waals surface area contributed by atoms with Crippen LogP contribution in [-0.2, 0) is 4.79 Å². The number of fused-ring (bicyclic) bond motifs is 1. The van der Waals surface area contributed by atoms with E-state index in [0.717, 1.165) is 17.7 Å². The SMILES string of the molecule is O=C(O)c1ccc(C(=O)Nc2cccc(SC(C(=O)Nc3ccc4c(c3)OCO4)c3ccccc3)c2)c(C(=O)O)c1. The number of aromatic carboxylic acids is 2. The average molecular weight is 571 g/mol. The number of carboxylic acids is 2. The van der Waals surface area contributed by atoms with E-state index in [-0.39, 0.29) is 23.8 Å². The summed E-state index contributed by atoms with van der Waals surface area (Å²) in [4.78, 5) is 50.0. The first-order chi connectivity index (χ1) is 19.8. The second kappa shape index (κ2) is 11.8. The zero-order valence-corrected chi connectivity index (χ0v) is 22.0. The number of amides is 2. The summed E-state index contributed by atoms with van der Waals surface area (Å²) in [5, 5.41) is 23.6. The molecule has 1 aliphatic heterocycles. The van der Waals surface area contributed by atoms with Gasteiger partial charge in [-0.2, -0.15) is 0 Å². The number of carboxylic acid groups (broad SMARTS) is 2. The molecule has 0 saturated heterocycles. The van der Waals surface area contributed by atoms with Gasteiger partial charge in [-0.1, -0.05) is 36.4 Å². The Labute approximate surface area is 237 Å². The smallest absolute Gasteiger partial charge is 0.336 e. The van der Waals surface area contributed by atoms with Crippen LogP contribution in [0.15, 0.2) is 95.9 Å². The molecule has 0 bridgehead atoms. The molecule has 0 aromatic heterocycles. The van der Waals surface area contributed by atoms with Gasteiger partial charge in [0.05, 0.1) is 16.7 Å². The second-order valence-electron chi connectivity index (χ2n) is 8.82. The van der Waals surface area contributed by atoms with Gasteiger partial charge in [0.2, 0.25) is 12.7 Å². The van der Waals surface area contributed by atoms with Crippen LogP contribution in [0, 0.1) is 0 Å². The lowest BCUT2D eigenvalue weighted by atomic mass is 10.0. The van der Waals surface area contributed by atoms with E-state index in [1.807, 2.05) is 30.3 Å². The highest BCUT2D eigenvalue weighted by molar-refractivity contribution is 8.00. The minimum atomic E-state index is -1.43. The van der Waals surface area contributed by atoms with E-state index in [1.165, 1.54) is 17.8 Å². The molecular weight excluding hydrogens is 548 g/mol. The fourth-order valence-electron chi connectivity index (χ4n) is 4.12. The molecule has 0 radical (unpaired) electrons. The molecule has 10 nitrogen and oxygen atoms in total. The van der Waals surface area contributed by atoms with Gasteiger partial charge in [0.25, 0.3) is 5.91 Å². The third kappa shape index (κ3) is 6.31. The van der Waals surface area contributed by atoms with Gasteiger partial charge in [-0.3, -0.25) is 9.59 Å². The topological polar surface area (TPSA) is 151 Å². The van der Waals surface area contributed by atoms with Crippen molar-refractivity contribution in [1.82, 2.24) is 0 Å². The fraction of sp³-hybridized carbons (Fsp3) is 0.0667. The lowest BCUT2D eigenvalue weighted by Gasteiger charge is -2.18. The lowest BCUT2D eigenvalue weighted by Crippen LogP contribution is -2.19. The molecule has 1 atom stereocenters. The van der Waals surface area contributed by atoms with Gasteiger partial charge in [0.1, 0.15) is 5.25 Å². The van der Waals surface area contributed by atoms with Crippen molar-refractivity contribution < 1.29 is 38.9 Å². The van der Waals surface area contributed by atoms with Crippen LogP contribution in [0.2, 0.25) is 0 Å². The molecule has 0 spiro atoms. The lowest BCUT2D eigenvalue weighted by molar-refractivity contribution is -0.115. The van der Waals surface area contributed by atoms with Gasteiger partial charge in [-0.05, 0) is 54.1 Å². The summed E-state index contributed by atoms with van der Waals surface area (Å²) >= 11 is 1.27. The molecule has 5 rings (SSSR count). The number of anilines is 2. The summed E-state index contributed by atoms with van der Waals surface area (Å²) in [6.07, 6.45) is 0. The number of thioether (sulfide) groups is 1. The van der Waals surface area contributed by atoms with Crippen molar-refractivity contribution in [2.75, 3.05) is 17.4 Å². The maximum Gasteiger partial charge on any atom is 0.336 e. The third-order valence-electron chi connectivity index (χ3n) is 6.07. The van der Waals surface area contributed by atoms with Gasteiger partial charge in [0.15, 0.2) is 11.5 Å². The van der Waals surface area contributed by atoms with Crippen molar-refractivity contribution in [3.05, 3.63) is 113 Å². The van der Waals surface area contributed by atoms with Gasteiger partial charge in [-0.25, -0.2) is 9.59 Å². The second-order valence-corrected chi connectivity index (χ2v) is 10.00. The molecule has 4 aromatic rings. The Hall–Kier alpha value is -5.29. The zero-order chi connectivity index (χ0) is 28.9. The van der Waals surface area contributed by atoms with Crippen LogP contribution in [0.3, 0.4) is 0 Å². The quantitative estimate of drug-likeness (QED) is 0.190. The average Bonchev–Trinajstić information content (AvgIpc) is 3.44. The number of ether oxygens (including phenoxy) is 2. The van der Waals surface area contributed by atoms with Crippen LogP contribution < -0.4 is 20.1 Å². The van der Waals surface area contributed by atoms with Crippen molar-refractivity contribution in [3.8, 4) is 11.5 Å². The van der Waals surface area contributed by atoms with Gasteiger partial charge in [-0.15, -0.1) is 11.8 Å². The number of hydrogen-bond donors (Lipinski definition) is 4. The van der Waals surface area contributed by atoms with Crippen LogP contribution in [0.25, 0.3) is 0 Å². The van der Waals surface area contributed by atoms with E-state index in [9.17, 15) is 24.3 Å². The molecule has 0 saturated carbocycles. The van der Waals surface area contributed by atoms with Crippen molar-refractivity contribution in [1.29, 1.82) is 0 Å². The number of benzene rings is 4. The van der Waals surface area contributed by atoms with Crippen molar-refractivity contribution in [2.45, 2.75) is 10.1 Å². The van der Waals surface area contributed by atoms with E-state index in [1.54, 1.807) is 42.5 Å². The van der Waals surface area contributed by atoms with Crippen LogP contribution in [0.1, 0.15) is 41.9 Å². The van der Waals surface area contributed by atoms with Gasteiger partial charge < -0.3 is 30.3 Å².